The molecule has 1 N–H and O–H groups in total. The summed E-state index contributed by atoms with van der Waals surface area (Å²) in [6.07, 6.45) is 1.69. The van der Waals surface area contributed by atoms with Crippen molar-refractivity contribution < 1.29 is 8.42 Å². The molecule has 3 aromatic rings. The van der Waals surface area contributed by atoms with Gasteiger partial charge in [0.2, 0.25) is 10.0 Å². The largest absolute Gasteiger partial charge is 0.283 e. The van der Waals surface area contributed by atoms with E-state index in [4.69, 9.17) is 0 Å². The Bertz CT molecular complexity index is 898. The van der Waals surface area contributed by atoms with Crippen LogP contribution in [0.4, 0.5) is 5.69 Å². The number of fused-ring (bicyclic) bond motifs is 1. The Morgan fingerprint density at radius 2 is 1.77 bits per heavy atom. The normalized spacial score (nSPS) is 11.5. The van der Waals surface area contributed by atoms with Gasteiger partial charge in [-0.2, -0.15) is 0 Å². The van der Waals surface area contributed by atoms with Crippen LogP contribution in [0, 0.1) is 6.92 Å². The molecule has 0 aliphatic heterocycles. The van der Waals surface area contributed by atoms with Crippen molar-refractivity contribution >= 4 is 26.6 Å². The molecule has 1 heterocycles. The fourth-order valence-corrected chi connectivity index (χ4v) is 3.52. The van der Waals surface area contributed by atoms with Crippen LogP contribution in [0.2, 0.25) is 0 Å². The maximum Gasteiger partial charge on any atom is 0.236 e. The lowest BCUT2D eigenvalue weighted by Crippen LogP contribution is -2.15. The number of aromatic nitrogens is 1. The Hall–Kier alpha value is -2.40. The average Bonchev–Trinajstić information content (AvgIpc) is 2.49. The minimum absolute atomic E-state index is 0.0517. The highest BCUT2D eigenvalue weighted by atomic mass is 32.2. The second-order valence-corrected chi connectivity index (χ2v) is 6.94. The van der Waals surface area contributed by atoms with E-state index >= 15 is 0 Å². The number of benzene rings is 2. The summed E-state index contributed by atoms with van der Waals surface area (Å²) >= 11 is 0. The highest BCUT2D eigenvalue weighted by molar-refractivity contribution is 7.91. The Kier molecular flexibility index (Phi) is 3.81. The van der Waals surface area contributed by atoms with Gasteiger partial charge in [-0.25, -0.2) is 8.42 Å². The molecule has 0 saturated heterocycles. The number of pyridine rings is 1. The lowest BCUT2D eigenvalue weighted by Gasteiger charge is -2.10. The molecule has 3 rings (SSSR count). The highest BCUT2D eigenvalue weighted by Gasteiger charge is 2.13. The van der Waals surface area contributed by atoms with Crippen molar-refractivity contribution in [3.63, 3.8) is 0 Å². The first kappa shape index (κ1) is 14.5. The maximum atomic E-state index is 12.4. The quantitative estimate of drug-likeness (QED) is 0.802. The lowest BCUT2D eigenvalue weighted by molar-refractivity contribution is 0.600. The number of anilines is 1. The van der Waals surface area contributed by atoms with E-state index in [1.165, 1.54) is 0 Å². The maximum absolute atomic E-state index is 12.4. The molecule has 0 amide bonds. The van der Waals surface area contributed by atoms with Crippen molar-refractivity contribution in [1.29, 1.82) is 0 Å². The van der Waals surface area contributed by atoms with Gasteiger partial charge in [0.25, 0.3) is 0 Å². The van der Waals surface area contributed by atoms with Gasteiger partial charge in [-0.1, -0.05) is 35.9 Å². The Morgan fingerprint density at radius 3 is 2.55 bits per heavy atom. The predicted molar refractivity (Wildman–Crippen MR) is 89.2 cm³/mol. The van der Waals surface area contributed by atoms with Gasteiger partial charge in [0.1, 0.15) is 0 Å². The van der Waals surface area contributed by atoms with E-state index in [9.17, 15) is 8.42 Å². The molecular formula is C17H16N2O2S. The molecule has 0 aliphatic carbocycles. The van der Waals surface area contributed by atoms with Gasteiger partial charge in [0.05, 0.1) is 17.0 Å². The van der Waals surface area contributed by atoms with Crippen molar-refractivity contribution in [2.24, 2.45) is 0 Å². The summed E-state index contributed by atoms with van der Waals surface area (Å²) < 4.78 is 27.4. The SMILES string of the molecule is Cc1ccc(CS(=O)(=O)Nc2cccc3ncccc23)cc1. The molecule has 0 fully saturated rings. The van der Waals surface area contributed by atoms with Crippen molar-refractivity contribution in [2.45, 2.75) is 12.7 Å². The van der Waals surface area contributed by atoms with Crippen LogP contribution in [-0.4, -0.2) is 13.4 Å². The van der Waals surface area contributed by atoms with Crippen molar-refractivity contribution in [3.8, 4) is 0 Å². The zero-order valence-electron chi connectivity index (χ0n) is 12.2. The number of hydrogen-bond donors (Lipinski definition) is 1. The summed E-state index contributed by atoms with van der Waals surface area (Å²) in [6.45, 7) is 1.97. The van der Waals surface area contributed by atoms with Gasteiger partial charge in [-0.3, -0.25) is 9.71 Å². The van der Waals surface area contributed by atoms with Crippen LogP contribution in [0.3, 0.4) is 0 Å². The van der Waals surface area contributed by atoms with Crippen LogP contribution in [0.15, 0.2) is 60.8 Å². The third kappa shape index (κ3) is 3.26. The van der Waals surface area contributed by atoms with Crippen LogP contribution in [-0.2, 0) is 15.8 Å². The van der Waals surface area contributed by atoms with Gasteiger partial charge in [0.15, 0.2) is 0 Å². The van der Waals surface area contributed by atoms with E-state index in [1.807, 2.05) is 43.3 Å². The van der Waals surface area contributed by atoms with E-state index in [2.05, 4.69) is 9.71 Å². The Labute approximate surface area is 129 Å². The summed E-state index contributed by atoms with van der Waals surface area (Å²) in [6, 6.07) is 16.5. The molecule has 1 aromatic heterocycles. The predicted octanol–water partition coefficient (Wildman–Crippen LogP) is 3.49. The molecule has 0 atom stereocenters. The minimum Gasteiger partial charge on any atom is -0.283 e. The number of hydrogen-bond acceptors (Lipinski definition) is 3. The molecule has 4 nitrogen and oxygen atoms in total. The highest BCUT2D eigenvalue weighted by Crippen LogP contribution is 2.23. The molecule has 112 valence electrons. The first-order chi connectivity index (χ1) is 10.5. The number of nitrogens with one attached hydrogen (secondary N) is 1. The van der Waals surface area contributed by atoms with Gasteiger partial charge in [0, 0.05) is 11.6 Å². The van der Waals surface area contributed by atoms with Crippen molar-refractivity contribution in [3.05, 3.63) is 71.9 Å². The second kappa shape index (κ2) is 5.77. The smallest absolute Gasteiger partial charge is 0.236 e. The van der Waals surface area contributed by atoms with E-state index in [0.717, 1.165) is 22.0 Å². The number of rotatable bonds is 4. The van der Waals surface area contributed by atoms with E-state index in [1.54, 1.807) is 24.4 Å². The summed E-state index contributed by atoms with van der Waals surface area (Å²) in [7, 11) is -3.47. The van der Waals surface area contributed by atoms with Crippen LogP contribution in [0.25, 0.3) is 10.9 Å². The van der Waals surface area contributed by atoms with E-state index < -0.39 is 10.0 Å². The van der Waals surface area contributed by atoms with Crippen LogP contribution < -0.4 is 4.72 Å². The molecule has 0 spiro atoms. The molecule has 0 saturated carbocycles. The monoisotopic (exact) mass is 312 g/mol. The third-order valence-corrected chi connectivity index (χ3v) is 4.63. The van der Waals surface area contributed by atoms with Gasteiger partial charge >= 0.3 is 0 Å². The molecule has 0 aliphatic rings. The number of aryl methyl sites for hydroxylation is 1. The lowest BCUT2D eigenvalue weighted by atomic mass is 10.2. The van der Waals surface area contributed by atoms with Crippen molar-refractivity contribution in [2.75, 3.05) is 4.72 Å². The Balaban J connectivity index is 1.88. The summed E-state index contributed by atoms with van der Waals surface area (Å²) in [5, 5.41) is 0.789. The molecule has 5 heteroatoms. The molecule has 0 bridgehead atoms. The first-order valence-electron chi connectivity index (χ1n) is 6.93. The molecule has 2 aromatic carbocycles. The van der Waals surface area contributed by atoms with Crippen LogP contribution in [0.5, 0.6) is 0 Å². The number of nitrogens with zero attached hydrogens (tertiary/aromatic N) is 1. The van der Waals surface area contributed by atoms with Gasteiger partial charge in [-0.05, 0) is 36.8 Å². The van der Waals surface area contributed by atoms with Crippen molar-refractivity contribution in [1.82, 2.24) is 4.98 Å². The van der Waals surface area contributed by atoms with Gasteiger partial charge < -0.3 is 0 Å². The fraction of sp³-hybridized carbons (Fsp3) is 0.118. The zero-order valence-corrected chi connectivity index (χ0v) is 13.0. The third-order valence-electron chi connectivity index (χ3n) is 3.39. The first-order valence-corrected chi connectivity index (χ1v) is 8.58. The summed E-state index contributed by atoms with van der Waals surface area (Å²) in [5.74, 6) is -0.0517. The standard InChI is InChI=1S/C17H16N2O2S/c1-13-7-9-14(10-8-13)12-22(20,21)19-17-6-2-5-16-15(17)4-3-11-18-16/h2-11,19H,12H2,1H3. The Morgan fingerprint density at radius 1 is 1.00 bits per heavy atom. The average molecular weight is 312 g/mol. The number of sulfonamides is 1. The van der Waals surface area contributed by atoms with Crippen LogP contribution >= 0.6 is 0 Å². The van der Waals surface area contributed by atoms with E-state index in [-0.39, 0.29) is 5.75 Å². The molecule has 22 heavy (non-hydrogen) atoms. The van der Waals surface area contributed by atoms with Crippen LogP contribution in [0.1, 0.15) is 11.1 Å². The topological polar surface area (TPSA) is 59.1 Å². The minimum atomic E-state index is -3.47. The van der Waals surface area contributed by atoms with Gasteiger partial charge in [-0.15, -0.1) is 0 Å². The summed E-state index contributed by atoms with van der Waals surface area (Å²) in [4.78, 5) is 4.23. The molecule has 0 radical (unpaired) electrons. The second-order valence-electron chi connectivity index (χ2n) is 5.22. The fourth-order valence-electron chi connectivity index (χ4n) is 2.30. The molecule has 0 unspecified atom stereocenters. The van der Waals surface area contributed by atoms with E-state index in [0.29, 0.717) is 5.69 Å². The summed E-state index contributed by atoms with van der Waals surface area (Å²) in [5.41, 5.74) is 3.18. The molecular weight excluding hydrogens is 296 g/mol. The zero-order chi connectivity index (χ0) is 15.6.